The van der Waals surface area contributed by atoms with Crippen LogP contribution in [0.2, 0.25) is 0 Å². The molecule has 31 heavy (non-hydrogen) atoms. The van der Waals surface area contributed by atoms with Gasteiger partial charge in [-0.1, -0.05) is 18.1 Å². The molecule has 4 rings (SSSR count). The van der Waals surface area contributed by atoms with Crippen molar-refractivity contribution in [2.45, 2.75) is 33.7 Å². The second kappa shape index (κ2) is 9.26. The predicted molar refractivity (Wildman–Crippen MR) is 121 cm³/mol. The summed E-state index contributed by atoms with van der Waals surface area (Å²) < 4.78 is 7.36. The second-order valence-corrected chi connectivity index (χ2v) is 8.66. The van der Waals surface area contributed by atoms with Crippen LogP contribution in [0.3, 0.4) is 0 Å². The summed E-state index contributed by atoms with van der Waals surface area (Å²) in [7, 11) is 0. The Labute approximate surface area is 185 Å². The Morgan fingerprint density at radius 2 is 2.10 bits per heavy atom. The van der Waals surface area contributed by atoms with Crippen molar-refractivity contribution in [3.05, 3.63) is 64.4 Å². The van der Waals surface area contributed by atoms with Gasteiger partial charge in [0.05, 0.1) is 29.7 Å². The van der Waals surface area contributed by atoms with Gasteiger partial charge in [0.1, 0.15) is 0 Å². The van der Waals surface area contributed by atoms with Gasteiger partial charge in [0.2, 0.25) is 5.91 Å². The number of hydrogen-bond donors (Lipinski definition) is 1. The topological polar surface area (TPSA) is 85.8 Å². The SMILES string of the molecule is Cc1ccc(-c2c(-c3cc(C)no3)cnn2CCNC(=O)C(C)Cc2cccs2)cn1. The quantitative estimate of drug-likeness (QED) is 0.447. The molecule has 0 aliphatic rings. The molecule has 1 amide bonds. The number of aryl methyl sites for hydroxylation is 2. The zero-order valence-electron chi connectivity index (χ0n) is 17.8. The molecular formula is C23H25N5O2S. The van der Waals surface area contributed by atoms with Gasteiger partial charge in [-0.15, -0.1) is 11.3 Å². The molecule has 7 nitrogen and oxygen atoms in total. The van der Waals surface area contributed by atoms with Gasteiger partial charge in [-0.05, 0) is 43.8 Å². The fourth-order valence-corrected chi connectivity index (χ4v) is 4.26. The molecule has 0 saturated heterocycles. The van der Waals surface area contributed by atoms with Crippen molar-refractivity contribution in [2.75, 3.05) is 6.54 Å². The summed E-state index contributed by atoms with van der Waals surface area (Å²) in [4.78, 5) is 18.2. The van der Waals surface area contributed by atoms with Crippen molar-refractivity contribution in [2.24, 2.45) is 5.92 Å². The third-order valence-corrected chi connectivity index (χ3v) is 5.97. The lowest BCUT2D eigenvalue weighted by Crippen LogP contribution is -2.33. The summed E-state index contributed by atoms with van der Waals surface area (Å²) in [5.41, 5.74) is 4.43. The second-order valence-electron chi connectivity index (χ2n) is 7.63. The molecule has 0 saturated carbocycles. The van der Waals surface area contributed by atoms with Gasteiger partial charge < -0.3 is 9.84 Å². The summed E-state index contributed by atoms with van der Waals surface area (Å²) >= 11 is 1.68. The average Bonchev–Trinajstić information content (AvgIpc) is 3.50. The smallest absolute Gasteiger partial charge is 0.223 e. The summed E-state index contributed by atoms with van der Waals surface area (Å²) in [6.07, 6.45) is 4.36. The van der Waals surface area contributed by atoms with Crippen molar-refractivity contribution >= 4 is 17.2 Å². The molecule has 0 bridgehead atoms. The summed E-state index contributed by atoms with van der Waals surface area (Å²) in [6.45, 7) is 6.81. The lowest BCUT2D eigenvalue weighted by Gasteiger charge is -2.13. The van der Waals surface area contributed by atoms with E-state index in [2.05, 4.69) is 26.6 Å². The Hall–Kier alpha value is -3.26. The molecule has 0 radical (unpaired) electrons. The number of nitrogens with one attached hydrogen (secondary N) is 1. The van der Waals surface area contributed by atoms with Gasteiger partial charge in [0.25, 0.3) is 0 Å². The van der Waals surface area contributed by atoms with Crippen molar-refractivity contribution in [3.63, 3.8) is 0 Å². The van der Waals surface area contributed by atoms with Crippen LogP contribution in [-0.4, -0.2) is 32.4 Å². The van der Waals surface area contributed by atoms with Gasteiger partial charge in [0.15, 0.2) is 5.76 Å². The first-order valence-electron chi connectivity index (χ1n) is 10.2. The number of nitrogens with zero attached hydrogens (tertiary/aromatic N) is 4. The summed E-state index contributed by atoms with van der Waals surface area (Å²) in [6, 6.07) is 9.95. The standard InChI is InChI=1S/C23H25N5O2S/c1-15(11-19-5-4-10-31-19)23(29)24-8-9-28-22(18-7-6-16(2)25-13-18)20(14-26-28)21-12-17(3)27-30-21/h4-7,10,12-15H,8-9,11H2,1-3H3,(H,24,29). The molecule has 0 spiro atoms. The zero-order chi connectivity index (χ0) is 21.8. The van der Waals surface area contributed by atoms with Gasteiger partial charge in [-0.2, -0.15) is 5.10 Å². The van der Waals surface area contributed by atoms with E-state index in [4.69, 9.17) is 4.52 Å². The first kappa shape index (κ1) is 21.0. The fourth-order valence-electron chi connectivity index (χ4n) is 3.42. The van der Waals surface area contributed by atoms with Crippen molar-refractivity contribution in [3.8, 4) is 22.6 Å². The van der Waals surface area contributed by atoms with Crippen LogP contribution >= 0.6 is 11.3 Å². The predicted octanol–water partition coefficient (Wildman–Crippen LogP) is 4.27. The molecular weight excluding hydrogens is 410 g/mol. The molecule has 4 aromatic rings. The van der Waals surface area contributed by atoms with E-state index in [9.17, 15) is 4.79 Å². The Kier molecular flexibility index (Phi) is 6.27. The monoisotopic (exact) mass is 435 g/mol. The Bertz CT molecular complexity index is 1150. The van der Waals surface area contributed by atoms with Gasteiger partial charge in [0, 0.05) is 40.9 Å². The molecule has 4 aromatic heterocycles. The van der Waals surface area contributed by atoms with Crippen LogP contribution in [0.5, 0.6) is 0 Å². The normalized spacial score (nSPS) is 12.1. The number of amides is 1. The minimum atomic E-state index is -0.0789. The van der Waals surface area contributed by atoms with Crippen LogP contribution in [-0.2, 0) is 17.8 Å². The van der Waals surface area contributed by atoms with Gasteiger partial charge in [-0.25, -0.2) is 0 Å². The van der Waals surface area contributed by atoms with E-state index in [0.717, 1.165) is 34.6 Å². The summed E-state index contributed by atoms with van der Waals surface area (Å²) in [5, 5.41) is 13.6. The maximum atomic E-state index is 12.5. The molecule has 160 valence electrons. The molecule has 4 heterocycles. The van der Waals surface area contributed by atoms with Crippen LogP contribution in [0.15, 0.2) is 52.6 Å². The third kappa shape index (κ3) is 4.91. The van der Waals surface area contributed by atoms with E-state index in [0.29, 0.717) is 18.8 Å². The van der Waals surface area contributed by atoms with E-state index >= 15 is 0 Å². The summed E-state index contributed by atoms with van der Waals surface area (Å²) in [5.74, 6) is 0.628. The Morgan fingerprint density at radius 1 is 1.23 bits per heavy atom. The highest BCUT2D eigenvalue weighted by Gasteiger charge is 2.19. The first-order valence-corrected chi connectivity index (χ1v) is 11.1. The number of hydrogen-bond acceptors (Lipinski definition) is 6. The van der Waals surface area contributed by atoms with Crippen molar-refractivity contribution in [1.29, 1.82) is 0 Å². The van der Waals surface area contributed by atoms with Crippen LogP contribution in [0.25, 0.3) is 22.6 Å². The lowest BCUT2D eigenvalue weighted by atomic mass is 10.1. The molecule has 1 N–H and O–H groups in total. The molecule has 8 heteroatoms. The molecule has 0 aliphatic carbocycles. The lowest BCUT2D eigenvalue weighted by molar-refractivity contribution is -0.124. The molecule has 1 unspecified atom stereocenters. The van der Waals surface area contributed by atoms with Gasteiger partial charge in [-0.3, -0.25) is 14.5 Å². The maximum absolute atomic E-state index is 12.5. The number of pyridine rings is 1. The number of thiophene rings is 1. The fraction of sp³-hybridized carbons (Fsp3) is 0.304. The van der Waals surface area contributed by atoms with Crippen LogP contribution < -0.4 is 5.32 Å². The van der Waals surface area contributed by atoms with Crippen LogP contribution in [0, 0.1) is 19.8 Å². The molecule has 0 aliphatic heterocycles. The van der Waals surface area contributed by atoms with Crippen LogP contribution in [0.1, 0.15) is 23.2 Å². The van der Waals surface area contributed by atoms with E-state index in [1.807, 2.05) is 61.3 Å². The highest BCUT2D eigenvalue weighted by atomic mass is 32.1. The van der Waals surface area contributed by atoms with Crippen molar-refractivity contribution < 1.29 is 9.32 Å². The van der Waals surface area contributed by atoms with E-state index in [-0.39, 0.29) is 11.8 Å². The van der Waals surface area contributed by atoms with Gasteiger partial charge >= 0.3 is 0 Å². The highest BCUT2D eigenvalue weighted by Crippen LogP contribution is 2.32. The Morgan fingerprint density at radius 3 is 2.77 bits per heavy atom. The molecule has 0 fully saturated rings. The number of rotatable bonds is 8. The minimum absolute atomic E-state index is 0.0465. The number of carbonyl (C=O) groups is 1. The minimum Gasteiger partial charge on any atom is -0.356 e. The number of aromatic nitrogens is 4. The highest BCUT2D eigenvalue weighted by molar-refractivity contribution is 7.09. The Balaban J connectivity index is 1.49. The van der Waals surface area contributed by atoms with Crippen LogP contribution in [0.4, 0.5) is 0 Å². The molecule has 1 atom stereocenters. The zero-order valence-corrected chi connectivity index (χ0v) is 18.6. The third-order valence-electron chi connectivity index (χ3n) is 5.08. The maximum Gasteiger partial charge on any atom is 0.223 e. The van der Waals surface area contributed by atoms with E-state index in [1.54, 1.807) is 17.5 Å². The van der Waals surface area contributed by atoms with E-state index < -0.39 is 0 Å². The first-order chi connectivity index (χ1) is 15.0. The van der Waals surface area contributed by atoms with E-state index in [1.165, 1.54) is 4.88 Å². The average molecular weight is 436 g/mol. The molecule has 0 aromatic carbocycles. The van der Waals surface area contributed by atoms with Crippen molar-refractivity contribution in [1.82, 2.24) is 25.2 Å². The largest absolute Gasteiger partial charge is 0.356 e. The number of carbonyl (C=O) groups excluding carboxylic acids is 1.